The van der Waals surface area contributed by atoms with E-state index in [1.807, 2.05) is 0 Å². The SMILES string of the molecule is CC#N.[Br][Ni][Br]. The molecular weight excluding hydrogens is 257 g/mol. The van der Waals surface area contributed by atoms with E-state index in [0.717, 1.165) is 0 Å². The zero-order chi connectivity index (χ0) is 5.41. The van der Waals surface area contributed by atoms with Crippen molar-refractivity contribution in [1.29, 1.82) is 5.26 Å². The maximum absolute atomic E-state index is 7.32. The first kappa shape index (κ1) is 10.0. The van der Waals surface area contributed by atoms with Gasteiger partial charge in [0.2, 0.25) is 0 Å². The molecule has 0 rings (SSSR count). The summed E-state index contributed by atoms with van der Waals surface area (Å²) < 4.78 is 0. The Balaban J connectivity index is 0. The van der Waals surface area contributed by atoms with E-state index in [2.05, 4.69) is 28.5 Å². The van der Waals surface area contributed by atoms with Crippen molar-refractivity contribution in [2.24, 2.45) is 0 Å². The molecule has 0 heterocycles. The average Bonchev–Trinajstić information content (AvgIpc) is 1.39. The van der Waals surface area contributed by atoms with Gasteiger partial charge in [-0.25, -0.2) is 0 Å². The van der Waals surface area contributed by atoms with Crippen molar-refractivity contribution in [1.82, 2.24) is 0 Å². The van der Waals surface area contributed by atoms with Crippen molar-refractivity contribution in [2.75, 3.05) is 0 Å². The van der Waals surface area contributed by atoms with E-state index in [9.17, 15) is 0 Å². The van der Waals surface area contributed by atoms with E-state index in [1.54, 1.807) is 6.07 Å². The van der Waals surface area contributed by atoms with Gasteiger partial charge in [0.15, 0.2) is 0 Å². The summed E-state index contributed by atoms with van der Waals surface area (Å²) in [4.78, 5) is 0. The first-order valence-corrected chi connectivity index (χ1v) is 5.84. The molecule has 40 valence electrons. The van der Waals surface area contributed by atoms with Crippen LogP contribution in [0.25, 0.3) is 0 Å². The third-order valence-corrected chi connectivity index (χ3v) is 0. The fourth-order valence-corrected chi connectivity index (χ4v) is 0. The standard InChI is InChI=1S/C2H3N.2BrH.Ni/c1-2-3;;;/h1H3;2*1H;/q;;;+2/p-2. The summed E-state index contributed by atoms with van der Waals surface area (Å²) in [7, 11) is 1.25. The van der Waals surface area contributed by atoms with Crippen LogP contribution in [0.1, 0.15) is 6.92 Å². The van der Waals surface area contributed by atoms with E-state index >= 15 is 0 Å². The molecule has 0 aliphatic carbocycles. The minimum absolute atomic E-state index is 1.25. The molecule has 0 N–H and O–H groups in total. The molecule has 6 heavy (non-hydrogen) atoms. The first-order valence-electron chi connectivity index (χ1n) is 0.963. The summed E-state index contributed by atoms with van der Waals surface area (Å²) in [6.45, 7) is 1.43. The number of rotatable bonds is 0. The van der Waals surface area contributed by atoms with Gasteiger partial charge < -0.3 is 0 Å². The monoisotopic (exact) mass is 257 g/mol. The van der Waals surface area contributed by atoms with Gasteiger partial charge >= 0.3 is 39.3 Å². The topological polar surface area (TPSA) is 23.8 Å². The first-order chi connectivity index (χ1) is 2.83. The van der Waals surface area contributed by atoms with Crippen LogP contribution in [0.4, 0.5) is 0 Å². The molecule has 0 amide bonds. The Labute approximate surface area is 57.5 Å². The van der Waals surface area contributed by atoms with Crippen LogP contribution in [-0.2, 0) is 10.9 Å². The van der Waals surface area contributed by atoms with Crippen LogP contribution < -0.4 is 0 Å². The second kappa shape index (κ2) is 16.8. The Morgan fingerprint density at radius 3 is 1.67 bits per heavy atom. The van der Waals surface area contributed by atoms with Gasteiger partial charge in [-0.3, -0.25) is 0 Å². The van der Waals surface area contributed by atoms with Gasteiger partial charge in [-0.05, 0) is 0 Å². The normalized spacial score (nSPS) is 5.00. The predicted octanol–water partition coefficient (Wildman–Crippen LogP) is 2.22. The Hall–Kier alpha value is 0.944. The number of halogens is 2. The zero-order valence-corrected chi connectivity index (χ0v) is 7.18. The second-order valence-electron chi connectivity index (χ2n) is 0.269. The van der Waals surface area contributed by atoms with Crippen LogP contribution in [-0.4, -0.2) is 0 Å². The Morgan fingerprint density at radius 2 is 1.67 bits per heavy atom. The quantitative estimate of drug-likeness (QED) is 0.612. The molecule has 0 aromatic rings. The van der Waals surface area contributed by atoms with Crippen LogP contribution in [0.2, 0.25) is 0 Å². The fourth-order valence-electron chi connectivity index (χ4n) is 0. The summed E-state index contributed by atoms with van der Waals surface area (Å²) in [6.07, 6.45) is 0. The van der Waals surface area contributed by atoms with E-state index in [1.165, 1.54) is 17.8 Å². The Morgan fingerprint density at radius 1 is 1.67 bits per heavy atom. The molecule has 0 aliphatic rings. The summed E-state index contributed by atoms with van der Waals surface area (Å²) >= 11 is 6.00. The zero-order valence-electron chi connectivity index (χ0n) is 3.02. The molecule has 0 fully saturated rings. The van der Waals surface area contributed by atoms with Crippen molar-refractivity contribution >= 4 is 28.5 Å². The number of hydrogen-bond donors (Lipinski definition) is 0. The molecule has 4 heteroatoms. The van der Waals surface area contributed by atoms with Gasteiger partial charge in [0.25, 0.3) is 0 Å². The molecule has 0 aromatic carbocycles. The fraction of sp³-hybridized carbons (Fsp3) is 0.500. The molecular formula is C2H3Br2NNi. The molecule has 0 aliphatic heterocycles. The van der Waals surface area contributed by atoms with Crippen molar-refractivity contribution in [2.45, 2.75) is 6.92 Å². The summed E-state index contributed by atoms with van der Waals surface area (Å²) in [5.74, 6) is 0. The van der Waals surface area contributed by atoms with Crippen LogP contribution >= 0.6 is 28.5 Å². The second-order valence-corrected chi connectivity index (χ2v) is 5.25. The van der Waals surface area contributed by atoms with Crippen LogP contribution in [0, 0.1) is 11.3 Å². The summed E-state index contributed by atoms with van der Waals surface area (Å²) in [5, 5.41) is 7.32. The Kier molecular flexibility index (Phi) is 28.0. The number of nitrogens with zero attached hydrogens (tertiary/aromatic N) is 1. The van der Waals surface area contributed by atoms with Crippen molar-refractivity contribution in [3.8, 4) is 6.07 Å². The molecule has 0 saturated heterocycles. The van der Waals surface area contributed by atoms with Crippen molar-refractivity contribution < 1.29 is 10.9 Å². The molecule has 0 spiro atoms. The van der Waals surface area contributed by atoms with Crippen LogP contribution in [0.3, 0.4) is 0 Å². The molecule has 0 atom stereocenters. The maximum atomic E-state index is 7.32. The van der Waals surface area contributed by atoms with E-state index in [-0.39, 0.29) is 0 Å². The van der Waals surface area contributed by atoms with Gasteiger partial charge in [-0.1, -0.05) is 0 Å². The Bertz CT molecular complexity index is 41.3. The van der Waals surface area contributed by atoms with Gasteiger partial charge in [0.1, 0.15) is 0 Å². The molecule has 0 aromatic heterocycles. The molecule has 0 unspecified atom stereocenters. The van der Waals surface area contributed by atoms with E-state index in [0.29, 0.717) is 0 Å². The van der Waals surface area contributed by atoms with Crippen LogP contribution in [0.15, 0.2) is 0 Å². The minimum atomic E-state index is 1.25. The van der Waals surface area contributed by atoms with Gasteiger partial charge in [-0.2, -0.15) is 5.26 Å². The average molecular weight is 260 g/mol. The van der Waals surface area contributed by atoms with Crippen molar-refractivity contribution in [3.05, 3.63) is 0 Å². The third kappa shape index (κ3) is 86.4. The van der Waals surface area contributed by atoms with Crippen molar-refractivity contribution in [3.63, 3.8) is 0 Å². The van der Waals surface area contributed by atoms with Gasteiger partial charge in [-0.15, -0.1) is 0 Å². The molecule has 1 nitrogen and oxygen atoms in total. The molecule has 0 saturated carbocycles. The third-order valence-electron chi connectivity index (χ3n) is 0. The predicted molar refractivity (Wildman–Crippen MR) is 29.1 cm³/mol. The van der Waals surface area contributed by atoms with Gasteiger partial charge in [0, 0.05) is 6.92 Å². The molecule has 0 radical (unpaired) electrons. The number of hydrogen-bond acceptors (Lipinski definition) is 1. The molecule has 0 bridgehead atoms. The van der Waals surface area contributed by atoms with E-state index in [4.69, 9.17) is 5.26 Å². The summed E-state index contributed by atoms with van der Waals surface area (Å²) in [6, 6.07) is 1.75. The number of nitriles is 1. The van der Waals surface area contributed by atoms with Gasteiger partial charge in [0.05, 0.1) is 6.07 Å². The van der Waals surface area contributed by atoms with E-state index < -0.39 is 0 Å². The summed E-state index contributed by atoms with van der Waals surface area (Å²) in [5.41, 5.74) is 0. The van der Waals surface area contributed by atoms with Crippen LogP contribution in [0.5, 0.6) is 0 Å².